The van der Waals surface area contributed by atoms with E-state index in [-0.39, 0.29) is 5.91 Å². The highest BCUT2D eigenvalue weighted by Crippen LogP contribution is 2.31. The number of hydrogen-bond acceptors (Lipinski definition) is 1. The average molecular weight is 329 g/mol. The fourth-order valence-electron chi connectivity index (χ4n) is 3.11. The van der Waals surface area contributed by atoms with Crippen LogP contribution in [-0.2, 0) is 0 Å². The molecule has 0 aliphatic carbocycles. The van der Waals surface area contributed by atoms with Crippen molar-refractivity contribution in [2.45, 2.75) is 13.8 Å². The number of nitrogens with zero attached hydrogens (tertiary/aromatic N) is 1. The maximum Gasteiger partial charge on any atom is 0.253 e. The Hall–Kier alpha value is -2.87. The van der Waals surface area contributed by atoms with Crippen LogP contribution in [-0.4, -0.2) is 24.9 Å². The summed E-state index contributed by atoms with van der Waals surface area (Å²) in [6.45, 7) is 4.20. The molecule has 25 heavy (non-hydrogen) atoms. The van der Waals surface area contributed by atoms with Gasteiger partial charge in [0, 0.05) is 19.7 Å². The van der Waals surface area contributed by atoms with Crippen molar-refractivity contribution < 1.29 is 4.79 Å². The third kappa shape index (κ3) is 3.48. The minimum atomic E-state index is 0.0188. The van der Waals surface area contributed by atoms with E-state index in [9.17, 15) is 4.79 Å². The van der Waals surface area contributed by atoms with Crippen molar-refractivity contribution >= 4 is 5.91 Å². The molecule has 0 atom stereocenters. The average Bonchev–Trinajstić information content (AvgIpc) is 2.61. The van der Waals surface area contributed by atoms with Crippen molar-refractivity contribution in [1.29, 1.82) is 0 Å². The van der Waals surface area contributed by atoms with E-state index in [1.165, 1.54) is 11.1 Å². The molecule has 0 N–H and O–H groups in total. The molecular weight excluding hydrogens is 306 g/mol. The Bertz CT molecular complexity index is 861. The molecule has 0 saturated heterocycles. The lowest BCUT2D eigenvalue weighted by Crippen LogP contribution is -2.21. The molecular formula is C23H23NO. The number of aryl methyl sites for hydroxylation is 2. The first-order valence-electron chi connectivity index (χ1n) is 8.46. The Morgan fingerprint density at radius 2 is 1.16 bits per heavy atom. The largest absolute Gasteiger partial charge is 0.345 e. The molecule has 0 aliphatic heterocycles. The minimum absolute atomic E-state index is 0.0188. The zero-order valence-electron chi connectivity index (χ0n) is 15.2. The van der Waals surface area contributed by atoms with Crippen LogP contribution in [0.2, 0.25) is 0 Å². The summed E-state index contributed by atoms with van der Waals surface area (Å²) in [5.41, 5.74) is 7.58. The first kappa shape index (κ1) is 17.0. The standard InChI is InChI=1S/C23H23NO/c1-16-9-5-7-11-21(16)18-13-19(22-12-8-6-10-17(22)2)15-20(14-18)23(25)24(3)4/h5-15H,1-4H3. The van der Waals surface area contributed by atoms with Gasteiger partial charge < -0.3 is 4.90 Å². The van der Waals surface area contributed by atoms with Gasteiger partial charge in [-0.3, -0.25) is 4.79 Å². The van der Waals surface area contributed by atoms with Crippen molar-refractivity contribution in [3.05, 3.63) is 83.4 Å². The summed E-state index contributed by atoms with van der Waals surface area (Å²) in [5, 5.41) is 0. The summed E-state index contributed by atoms with van der Waals surface area (Å²) in [6, 6.07) is 22.7. The van der Waals surface area contributed by atoms with Gasteiger partial charge in [-0.2, -0.15) is 0 Å². The van der Waals surface area contributed by atoms with Gasteiger partial charge in [0.05, 0.1) is 0 Å². The van der Waals surface area contributed by atoms with Gasteiger partial charge in [-0.1, -0.05) is 48.5 Å². The molecule has 0 saturated carbocycles. The lowest BCUT2D eigenvalue weighted by molar-refractivity contribution is 0.0827. The third-order valence-corrected chi connectivity index (χ3v) is 4.50. The summed E-state index contributed by atoms with van der Waals surface area (Å²) in [5.74, 6) is 0.0188. The molecule has 0 aliphatic rings. The Kier molecular flexibility index (Phi) is 4.71. The van der Waals surface area contributed by atoms with Crippen LogP contribution in [0.25, 0.3) is 22.3 Å². The van der Waals surface area contributed by atoms with E-state index in [2.05, 4.69) is 44.2 Å². The zero-order valence-corrected chi connectivity index (χ0v) is 15.2. The number of carbonyl (C=O) groups excluding carboxylic acids is 1. The molecule has 3 aromatic carbocycles. The molecule has 3 rings (SSSR count). The number of rotatable bonds is 3. The summed E-state index contributed by atoms with van der Waals surface area (Å²) >= 11 is 0. The lowest BCUT2D eigenvalue weighted by Gasteiger charge is -2.15. The SMILES string of the molecule is Cc1ccccc1-c1cc(C(=O)N(C)C)cc(-c2ccccc2C)c1. The second-order valence-corrected chi connectivity index (χ2v) is 6.63. The molecule has 2 heteroatoms. The first-order chi connectivity index (χ1) is 12.0. The number of benzene rings is 3. The van der Waals surface area contributed by atoms with E-state index in [1.807, 2.05) is 36.4 Å². The van der Waals surface area contributed by atoms with E-state index >= 15 is 0 Å². The van der Waals surface area contributed by atoms with Gasteiger partial charge in [0.15, 0.2) is 0 Å². The van der Waals surface area contributed by atoms with Crippen molar-refractivity contribution in [3.8, 4) is 22.3 Å². The highest BCUT2D eigenvalue weighted by atomic mass is 16.2. The quantitative estimate of drug-likeness (QED) is 0.635. The predicted octanol–water partition coefficient (Wildman–Crippen LogP) is 5.34. The summed E-state index contributed by atoms with van der Waals surface area (Å²) < 4.78 is 0. The molecule has 0 unspecified atom stereocenters. The van der Waals surface area contributed by atoms with Gasteiger partial charge in [-0.25, -0.2) is 0 Å². The van der Waals surface area contributed by atoms with Crippen LogP contribution >= 0.6 is 0 Å². The van der Waals surface area contributed by atoms with Gasteiger partial charge in [0.25, 0.3) is 5.91 Å². The van der Waals surface area contributed by atoms with Crippen molar-refractivity contribution in [2.24, 2.45) is 0 Å². The Balaban J connectivity index is 2.24. The molecule has 2 nitrogen and oxygen atoms in total. The van der Waals surface area contributed by atoms with E-state index in [0.29, 0.717) is 5.56 Å². The normalized spacial score (nSPS) is 10.6. The van der Waals surface area contributed by atoms with Crippen LogP contribution in [0.5, 0.6) is 0 Å². The topological polar surface area (TPSA) is 20.3 Å². The molecule has 0 bridgehead atoms. The van der Waals surface area contributed by atoms with Gasteiger partial charge in [-0.05, 0) is 65.4 Å². The summed E-state index contributed by atoms with van der Waals surface area (Å²) in [4.78, 5) is 14.2. The van der Waals surface area contributed by atoms with Crippen molar-refractivity contribution in [3.63, 3.8) is 0 Å². The van der Waals surface area contributed by atoms with Crippen LogP contribution in [0, 0.1) is 13.8 Å². The minimum Gasteiger partial charge on any atom is -0.345 e. The zero-order chi connectivity index (χ0) is 18.0. The maximum absolute atomic E-state index is 12.6. The van der Waals surface area contributed by atoms with E-state index in [4.69, 9.17) is 0 Å². The second kappa shape index (κ2) is 6.94. The van der Waals surface area contributed by atoms with Crippen LogP contribution in [0.4, 0.5) is 0 Å². The number of amides is 1. The maximum atomic E-state index is 12.6. The molecule has 0 fully saturated rings. The molecule has 0 aromatic heterocycles. The number of carbonyl (C=O) groups is 1. The fraction of sp³-hybridized carbons (Fsp3) is 0.174. The van der Waals surface area contributed by atoms with Crippen LogP contribution in [0.1, 0.15) is 21.5 Å². The molecule has 3 aromatic rings. The molecule has 0 spiro atoms. The highest BCUT2D eigenvalue weighted by molar-refractivity contribution is 5.97. The fourth-order valence-corrected chi connectivity index (χ4v) is 3.11. The Morgan fingerprint density at radius 1 is 0.720 bits per heavy atom. The van der Waals surface area contributed by atoms with Crippen LogP contribution in [0.15, 0.2) is 66.7 Å². The van der Waals surface area contributed by atoms with Gasteiger partial charge in [-0.15, -0.1) is 0 Å². The van der Waals surface area contributed by atoms with Gasteiger partial charge in [0.1, 0.15) is 0 Å². The molecule has 0 radical (unpaired) electrons. The Labute approximate surface area is 149 Å². The van der Waals surface area contributed by atoms with Gasteiger partial charge in [0.2, 0.25) is 0 Å². The molecule has 126 valence electrons. The predicted molar refractivity (Wildman–Crippen MR) is 105 cm³/mol. The Morgan fingerprint density at radius 3 is 1.56 bits per heavy atom. The summed E-state index contributed by atoms with van der Waals surface area (Å²) in [6.07, 6.45) is 0. The first-order valence-corrected chi connectivity index (χ1v) is 8.46. The van der Waals surface area contributed by atoms with Crippen LogP contribution < -0.4 is 0 Å². The third-order valence-electron chi connectivity index (χ3n) is 4.50. The molecule has 1 amide bonds. The van der Waals surface area contributed by atoms with Gasteiger partial charge >= 0.3 is 0 Å². The van der Waals surface area contributed by atoms with E-state index in [0.717, 1.165) is 22.3 Å². The lowest BCUT2D eigenvalue weighted by atomic mass is 9.92. The highest BCUT2D eigenvalue weighted by Gasteiger charge is 2.14. The van der Waals surface area contributed by atoms with E-state index < -0.39 is 0 Å². The molecule has 0 heterocycles. The smallest absolute Gasteiger partial charge is 0.253 e. The van der Waals surface area contributed by atoms with Crippen molar-refractivity contribution in [1.82, 2.24) is 4.90 Å². The van der Waals surface area contributed by atoms with Crippen LogP contribution in [0.3, 0.4) is 0 Å². The second-order valence-electron chi connectivity index (χ2n) is 6.63. The monoisotopic (exact) mass is 329 g/mol. The van der Waals surface area contributed by atoms with E-state index in [1.54, 1.807) is 19.0 Å². The number of hydrogen-bond donors (Lipinski definition) is 0. The summed E-state index contributed by atoms with van der Waals surface area (Å²) in [7, 11) is 3.58. The van der Waals surface area contributed by atoms with Crippen molar-refractivity contribution in [2.75, 3.05) is 14.1 Å².